The smallest absolute Gasteiger partial charge is 0.104 e. The van der Waals surface area contributed by atoms with Crippen molar-refractivity contribution in [2.75, 3.05) is 0 Å². The monoisotopic (exact) mass is 201 g/mol. The summed E-state index contributed by atoms with van der Waals surface area (Å²) in [5.74, 6) is 0.972. The van der Waals surface area contributed by atoms with Crippen LogP contribution in [0.3, 0.4) is 0 Å². The fraction of sp³-hybridized carbons (Fsp3) is 0.417. The molecule has 78 valence electrons. The molecule has 1 fully saturated rings. The predicted octanol–water partition coefficient (Wildman–Crippen LogP) is 1.91. The summed E-state index contributed by atoms with van der Waals surface area (Å²) in [5.41, 5.74) is 9.68. The molecule has 1 aromatic heterocycles. The van der Waals surface area contributed by atoms with Crippen LogP contribution in [0, 0.1) is 6.92 Å². The number of aromatic amines is 1. The Labute approximate surface area is 88.7 Å². The highest BCUT2D eigenvalue weighted by molar-refractivity contribution is 5.79. The second-order valence-electron chi connectivity index (χ2n) is 4.67. The Kier molecular flexibility index (Phi) is 1.68. The quantitative estimate of drug-likeness (QED) is 0.779. The van der Waals surface area contributed by atoms with Crippen LogP contribution in [0.2, 0.25) is 0 Å². The van der Waals surface area contributed by atoms with Gasteiger partial charge >= 0.3 is 0 Å². The molecule has 3 rings (SSSR count). The van der Waals surface area contributed by atoms with Gasteiger partial charge in [0, 0.05) is 5.54 Å². The molecule has 3 nitrogen and oxygen atoms in total. The number of nitrogens with zero attached hydrogens (tertiary/aromatic N) is 1. The Hall–Kier alpha value is -1.35. The number of fused-ring (bicyclic) bond motifs is 1. The summed E-state index contributed by atoms with van der Waals surface area (Å²) in [6, 6.07) is 6.27. The highest BCUT2D eigenvalue weighted by Gasteiger charge is 2.38. The molecule has 1 aliphatic rings. The molecule has 0 atom stereocenters. The standard InChI is InChI=1S/C12H15N3/c1-8-14-10-4-2-3-9(11(10)15-8)7-12(13)5-6-12/h2-4H,5-7,13H2,1H3,(H,14,15). The van der Waals surface area contributed by atoms with E-state index in [9.17, 15) is 0 Å². The SMILES string of the molecule is Cc1nc2c(CC3(N)CC3)cccc2[nH]1. The fourth-order valence-corrected chi connectivity index (χ4v) is 2.07. The number of rotatable bonds is 2. The van der Waals surface area contributed by atoms with Crippen molar-refractivity contribution in [3.63, 3.8) is 0 Å². The average molecular weight is 201 g/mol. The van der Waals surface area contributed by atoms with Crippen molar-refractivity contribution < 1.29 is 0 Å². The summed E-state index contributed by atoms with van der Waals surface area (Å²) in [6.07, 6.45) is 3.24. The van der Waals surface area contributed by atoms with Gasteiger partial charge in [-0.05, 0) is 37.8 Å². The maximum atomic E-state index is 6.14. The normalized spacial score (nSPS) is 18.3. The molecule has 0 bridgehead atoms. The van der Waals surface area contributed by atoms with E-state index < -0.39 is 0 Å². The Bertz CT molecular complexity index is 509. The number of H-pyrrole nitrogens is 1. The number of imidazole rings is 1. The van der Waals surface area contributed by atoms with Gasteiger partial charge < -0.3 is 10.7 Å². The molecular weight excluding hydrogens is 186 g/mol. The first-order valence-corrected chi connectivity index (χ1v) is 5.39. The lowest BCUT2D eigenvalue weighted by molar-refractivity contribution is 0.674. The van der Waals surface area contributed by atoms with Gasteiger partial charge in [0.1, 0.15) is 5.82 Å². The molecule has 0 aliphatic heterocycles. The molecule has 0 saturated heterocycles. The van der Waals surface area contributed by atoms with Crippen molar-refractivity contribution >= 4 is 11.0 Å². The topological polar surface area (TPSA) is 54.7 Å². The van der Waals surface area contributed by atoms with Crippen molar-refractivity contribution in [3.05, 3.63) is 29.6 Å². The maximum Gasteiger partial charge on any atom is 0.104 e. The molecule has 1 aromatic carbocycles. The van der Waals surface area contributed by atoms with Gasteiger partial charge in [-0.3, -0.25) is 0 Å². The van der Waals surface area contributed by atoms with Crippen LogP contribution in [-0.2, 0) is 6.42 Å². The summed E-state index contributed by atoms with van der Waals surface area (Å²) in [5, 5.41) is 0. The van der Waals surface area contributed by atoms with Crippen LogP contribution >= 0.6 is 0 Å². The molecule has 2 aromatic rings. The minimum Gasteiger partial charge on any atom is -0.342 e. The van der Waals surface area contributed by atoms with Gasteiger partial charge in [-0.1, -0.05) is 12.1 Å². The number of nitrogens with one attached hydrogen (secondary N) is 1. The number of hydrogen-bond acceptors (Lipinski definition) is 2. The highest BCUT2D eigenvalue weighted by atomic mass is 14.9. The van der Waals surface area contributed by atoms with Crippen LogP contribution in [-0.4, -0.2) is 15.5 Å². The van der Waals surface area contributed by atoms with E-state index in [1.807, 2.05) is 6.92 Å². The van der Waals surface area contributed by atoms with E-state index >= 15 is 0 Å². The lowest BCUT2D eigenvalue weighted by atomic mass is 10.0. The molecular formula is C12H15N3. The van der Waals surface area contributed by atoms with E-state index in [1.165, 1.54) is 5.56 Å². The lowest BCUT2D eigenvalue weighted by Gasteiger charge is -2.08. The first-order valence-electron chi connectivity index (χ1n) is 5.39. The molecule has 0 radical (unpaired) electrons. The van der Waals surface area contributed by atoms with Crippen LogP contribution < -0.4 is 5.73 Å². The Morgan fingerprint density at radius 1 is 1.47 bits per heavy atom. The second-order valence-corrected chi connectivity index (χ2v) is 4.67. The van der Waals surface area contributed by atoms with E-state index in [0.717, 1.165) is 36.1 Å². The summed E-state index contributed by atoms with van der Waals surface area (Å²) >= 11 is 0. The minimum atomic E-state index is 0.0567. The summed E-state index contributed by atoms with van der Waals surface area (Å²) < 4.78 is 0. The first-order chi connectivity index (χ1) is 7.16. The molecule has 1 aliphatic carbocycles. The van der Waals surface area contributed by atoms with Gasteiger partial charge in [0.25, 0.3) is 0 Å². The van der Waals surface area contributed by atoms with Gasteiger partial charge in [-0.2, -0.15) is 0 Å². The van der Waals surface area contributed by atoms with Gasteiger partial charge in [-0.25, -0.2) is 4.98 Å². The highest BCUT2D eigenvalue weighted by Crippen LogP contribution is 2.36. The third-order valence-corrected chi connectivity index (χ3v) is 3.15. The molecule has 0 unspecified atom stereocenters. The third kappa shape index (κ3) is 1.53. The largest absolute Gasteiger partial charge is 0.342 e. The van der Waals surface area contributed by atoms with Crippen LogP contribution in [0.4, 0.5) is 0 Å². The summed E-state index contributed by atoms with van der Waals surface area (Å²) in [7, 11) is 0. The van der Waals surface area contributed by atoms with E-state index in [1.54, 1.807) is 0 Å². The molecule has 0 spiro atoms. The average Bonchev–Trinajstić information content (AvgIpc) is 2.76. The molecule has 1 saturated carbocycles. The van der Waals surface area contributed by atoms with Gasteiger partial charge in [0.2, 0.25) is 0 Å². The van der Waals surface area contributed by atoms with Gasteiger partial charge in [0.05, 0.1) is 11.0 Å². The first kappa shape index (κ1) is 8.92. The minimum absolute atomic E-state index is 0.0567. The van der Waals surface area contributed by atoms with Crippen LogP contribution in [0.25, 0.3) is 11.0 Å². The van der Waals surface area contributed by atoms with E-state index in [4.69, 9.17) is 5.73 Å². The van der Waals surface area contributed by atoms with E-state index in [-0.39, 0.29) is 5.54 Å². The maximum absolute atomic E-state index is 6.14. The van der Waals surface area contributed by atoms with Crippen molar-refractivity contribution in [2.45, 2.75) is 31.7 Å². The molecule has 3 N–H and O–H groups in total. The van der Waals surface area contributed by atoms with Crippen molar-refractivity contribution in [1.29, 1.82) is 0 Å². The van der Waals surface area contributed by atoms with Gasteiger partial charge in [-0.15, -0.1) is 0 Å². The van der Waals surface area contributed by atoms with Crippen LogP contribution in [0.5, 0.6) is 0 Å². The fourth-order valence-electron chi connectivity index (χ4n) is 2.07. The summed E-state index contributed by atoms with van der Waals surface area (Å²) in [6.45, 7) is 1.99. The summed E-state index contributed by atoms with van der Waals surface area (Å²) in [4.78, 5) is 7.77. The molecule has 0 amide bonds. The Morgan fingerprint density at radius 3 is 3.00 bits per heavy atom. The Balaban J connectivity index is 2.08. The van der Waals surface area contributed by atoms with Crippen molar-refractivity contribution in [3.8, 4) is 0 Å². The third-order valence-electron chi connectivity index (χ3n) is 3.15. The second kappa shape index (κ2) is 2.83. The molecule has 1 heterocycles. The van der Waals surface area contributed by atoms with Crippen LogP contribution in [0.1, 0.15) is 24.2 Å². The van der Waals surface area contributed by atoms with E-state index in [2.05, 4.69) is 28.2 Å². The van der Waals surface area contributed by atoms with E-state index in [0.29, 0.717) is 0 Å². The Morgan fingerprint density at radius 2 is 2.27 bits per heavy atom. The van der Waals surface area contributed by atoms with Crippen molar-refractivity contribution in [2.24, 2.45) is 5.73 Å². The number of hydrogen-bond donors (Lipinski definition) is 2. The van der Waals surface area contributed by atoms with Crippen LogP contribution in [0.15, 0.2) is 18.2 Å². The lowest BCUT2D eigenvalue weighted by Crippen LogP contribution is -2.24. The number of nitrogens with two attached hydrogens (primary N) is 1. The number of aryl methyl sites for hydroxylation is 1. The zero-order chi connectivity index (χ0) is 10.5. The predicted molar refractivity (Wildman–Crippen MR) is 60.7 cm³/mol. The number of para-hydroxylation sites is 1. The molecule has 3 heteroatoms. The number of benzene rings is 1. The number of aromatic nitrogens is 2. The van der Waals surface area contributed by atoms with Crippen molar-refractivity contribution in [1.82, 2.24) is 9.97 Å². The zero-order valence-electron chi connectivity index (χ0n) is 8.88. The zero-order valence-corrected chi connectivity index (χ0v) is 8.88. The molecule has 15 heavy (non-hydrogen) atoms. The van der Waals surface area contributed by atoms with Gasteiger partial charge in [0.15, 0.2) is 0 Å².